The van der Waals surface area contributed by atoms with Crippen molar-refractivity contribution in [3.8, 4) is 0 Å². The Balaban J connectivity index is 2.08. The highest BCUT2D eigenvalue weighted by Gasteiger charge is 2.36. The maximum atomic E-state index is 6.34. The molecular weight excluding hydrogens is 258 g/mol. The molecule has 0 heterocycles. The Morgan fingerprint density at radius 2 is 2.16 bits per heavy atom. The van der Waals surface area contributed by atoms with Crippen LogP contribution in [0.15, 0.2) is 18.2 Å². The van der Waals surface area contributed by atoms with Gasteiger partial charge in [-0.15, -0.1) is 0 Å². The van der Waals surface area contributed by atoms with Crippen LogP contribution >= 0.6 is 11.6 Å². The highest BCUT2D eigenvalue weighted by Crippen LogP contribution is 2.36. The van der Waals surface area contributed by atoms with Crippen LogP contribution in [-0.4, -0.2) is 25.8 Å². The Kier molecular flexibility index (Phi) is 5.26. The van der Waals surface area contributed by atoms with Gasteiger partial charge in [0.05, 0.1) is 6.10 Å². The van der Waals surface area contributed by atoms with Gasteiger partial charge in [-0.1, -0.05) is 23.7 Å². The lowest BCUT2D eigenvalue weighted by Crippen LogP contribution is -2.42. The van der Waals surface area contributed by atoms with Gasteiger partial charge < -0.3 is 10.1 Å². The van der Waals surface area contributed by atoms with E-state index in [1.165, 1.54) is 24.0 Å². The van der Waals surface area contributed by atoms with Crippen molar-refractivity contribution in [1.29, 1.82) is 0 Å². The van der Waals surface area contributed by atoms with Crippen molar-refractivity contribution in [2.24, 2.45) is 5.92 Å². The van der Waals surface area contributed by atoms with Gasteiger partial charge in [-0.3, -0.25) is 0 Å². The first-order valence-electron chi connectivity index (χ1n) is 7.19. The molecule has 1 fully saturated rings. The zero-order valence-corrected chi connectivity index (χ0v) is 12.8. The quantitative estimate of drug-likeness (QED) is 0.825. The minimum atomic E-state index is 0.312. The Morgan fingerprint density at radius 3 is 2.68 bits per heavy atom. The van der Waals surface area contributed by atoms with Crippen LogP contribution in [0.25, 0.3) is 0 Å². The first-order valence-corrected chi connectivity index (χ1v) is 7.57. The van der Waals surface area contributed by atoms with Gasteiger partial charge in [0.25, 0.3) is 0 Å². The second kappa shape index (κ2) is 6.74. The van der Waals surface area contributed by atoms with Crippen molar-refractivity contribution in [3.63, 3.8) is 0 Å². The molecule has 1 saturated carbocycles. The Bertz CT molecular complexity index is 417. The fourth-order valence-corrected chi connectivity index (χ4v) is 2.95. The molecule has 0 bridgehead atoms. The number of ether oxygens (including phenoxy) is 1. The van der Waals surface area contributed by atoms with E-state index in [1.807, 2.05) is 13.1 Å². The second-order valence-electron chi connectivity index (χ2n) is 5.45. The first-order chi connectivity index (χ1) is 9.15. The van der Waals surface area contributed by atoms with Gasteiger partial charge in [0.2, 0.25) is 0 Å². The molecule has 2 atom stereocenters. The number of hydrogen-bond acceptors (Lipinski definition) is 2. The molecule has 0 amide bonds. The maximum absolute atomic E-state index is 6.34. The molecule has 19 heavy (non-hydrogen) atoms. The number of benzene rings is 1. The van der Waals surface area contributed by atoms with Crippen LogP contribution in [0.1, 0.15) is 30.9 Å². The van der Waals surface area contributed by atoms with Gasteiger partial charge in [0.15, 0.2) is 0 Å². The van der Waals surface area contributed by atoms with Crippen molar-refractivity contribution in [3.05, 3.63) is 34.3 Å². The van der Waals surface area contributed by atoms with E-state index in [4.69, 9.17) is 16.3 Å². The Labute approximate surface area is 121 Å². The highest BCUT2D eigenvalue weighted by molar-refractivity contribution is 6.31. The Hall–Kier alpha value is -0.570. The third-order valence-electron chi connectivity index (χ3n) is 3.86. The van der Waals surface area contributed by atoms with E-state index in [1.54, 1.807) is 0 Å². The van der Waals surface area contributed by atoms with Crippen LogP contribution in [-0.2, 0) is 11.2 Å². The van der Waals surface area contributed by atoms with Crippen molar-refractivity contribution >= 4 is 11.6 Å². The minimum Gasteiger partial charge on any atom is -0.377 e. The summed E-state index contributed by atoms with van der Waals surface area (Å²) >= 11 is 6.34. The molecule has 2 unspecified atom stereocenters. The van der Waals surface area contributed by atoms with Crippen LogP contribution in [0.5, 0.6) is 0 Å². The topological polar surface area (TPSA) is 21.3 Å². The molecular formula is C16H24ClNO. The van der Waals surface area contributed by atoms with E-state index in [2.05, 4.69) is 31.3 Å². The van der Waals surface area contributed by atoms with Crippen molar-refractivity contribution in [2.75, 3.05) is 13.7 Å². The number of hydrogen-bond donors (Lipinski definition) is 1. The standard InChI is InChI=1S/C16H24ClNO/c1-4-19-16(12-7-8-12)15(18-3)10-13-6-5-11(2)9-14(13)17/h5-6,9,12,15-16,18H,4,7-8,10H2,1-3H3. The average Bonchev–Trinajstić information content (AvgIpc) is 3.20. The molecule has 0 saturated heterocycles. The summed E-state index contributed by atoms with van der Waals surface area (Å²) in [5.74, 6) is 0.724. The van der Waals surface area contributed by atoms with Crippen LogP contribution in [0, 0.1) is 12.8 Å². The molecule has 0 radical (unpaired) electrons. The van der Waals surface area contributed by atoms with E-state index in [0.29, 0.717) is 12.1 Å². The molecule has 2 nitrogen and oxygen atoms in total. The van der Waals surface area contributed by atoms with Crippen LogP contribution < -0.4 is 5.32 Å². The summed E-state index contributed by atoms with van der Waals surface area (Å²) in [6, 6.07) is 6.64. The first kappa shape index (κ1) is 14.8. The SMILES string of the molecule is CCOC(C1CC1)C(Cc1ccc(C)cc1Cl)NC. The molecule has 1 aliphatic rings. The van der Waals surface area contributed by atoms with E-state index < -0.39 is 0 Å². The third kappa shape index (κ3) is 3.95. The molecule has 1 N–H and O–H groups in total. The van der Waals surface area contributed by atoms with Crippen LogP contribution in [0.2, 0.25) is 5.02 Å². The fraction of sp³-hybridized carbons (Fsp3) is 0.625. The molecule has 106 valence electrons. The van der Waals surface area contributed by atoms with Crippen molar-refractivity contribution in [1.82, 2.24) is 5.32 Å². The van der Waals surface area contributed by atoms with E-state index in [-0.39, 0.29) is 0 Å². The Morgan fingerprint density at radius 1 is 1.42 bits per heavy atom. The normalized spacial score (nSPS) is 18.3. The number of likely N-dealkylation sites (N-methyl/N-ethyl adjacent to an activating group) is 1. The predicted octanol–water partition coefficient (Wildman–Crippen LogP) is 3.59. The number of halogens is 1. The van der Waals surface area contributed by atoms with Crippen molar-refractivity contribution < 1.29 is 4.74 Å². The summed E-state index contributed by atoms with van der Waals surface area (Å²) in [4.78, 5) is 0. The smallest absolute Gasteiger partial charge is 0.0759 e. The molecule has 1 aliphatic carbocycles. The van der Waals surface area contributed by atoms with E-state index in [0.717, 1.165) is 24.0 Å². The lowest BCUT2D eigenvalue weighted by Gasteiger charge is -2.27. The molecule has 0 spiro atoms. The van der Waals surface area contributed by atoms with Gasteiger partial charge in [-0.05, 0) is 63.3 Å². The molecule has 1 aromatic rings. The summed E-state index contributed by atoms with van der Waals surface area (Å²) < 4.78 is 5.95. The summed E-state index contributed by atoms with van der Waals surface area (Å²) in [6.07, 6.45) is 3.83. The number of aryl methyl sites for hydroxylation is 1. The fourth-order valence-electron chi connectivity index (χ4n) is 2.64. The lowest BCUT2D eigenvalue weighted by molar-refractivity contribution is 0.0211. The van der Waals surface area contributed by atoms with Crippen molar-refractivity contribution in [2.45, 2.75) is 45.3 Å². The van der Waals surface area contributed by atoms with Gasteiger partial charge >= 0.3 is 0 Å². The maximum Gasteiger partial charge on any atom is 0.0759 e. The largest absolute Gasteiger partial charge is 0.377 e. The predicted molar refractivity (Wildman–Crippen MR) is 80.9 cm³/mol. The third-order valence-corrected chi connectivity index (χ3v) is 4.21. The summed E-state index contributed by atoms with van der Waals surface area (Å²) in [7, 11) is 2.02. The summed E-state index contributed by atoms with van der Waals surface area (Å²) in [5, 5.41) is 4.28. The van der Waals surface area contributed by atoms with Gasteiger partial charge in [-0.25, -0.2) is 0 Å². The lowest BCUT2D eigenvalue weighted by atomic mass is 9.97. The molecule has 1 aromatic carbocycles. The molecule has 3 heteroatoms. The van der Waals surface area contributed by atoms with Crippen LogP contribution in [0.3, 0.4) is 0 Å². The zero-order valence-electron chi connectivity index (χ0n) is 12.1. The zero-order chi connectivity index (χ0) is 13.8. The molecule has 2 rings (SSSR count). The number of nitrogens with one attached hydrogen (secondary N) is 1. The van der Waals surface area contributed by atoms with Gasteiger partial charge in [-0.2, -0.15) is 0 Å². The highest BCUT2D eigenvalue weighted by atomic mass is 35.5. The summed E-state index contributed by atoms with van der Waals surface area (Å²) in [6.45, 7) is 4.92. The average molecular weight is 282 g/mol. The second-order valence-corrected chi connectivity index (χ2v) is 5.86. The monoisotopic (exact) mass is 281 g/mol. The van der Waals surface area contributed by atoms with Gasteiger partial charge in [0, 0.05) is 17.7 Å². The summed E-state index contributed by atoms with van der Waals surface area (Å²) in [5.41, 5.74) is 2.41. The van der Waals surface area contributed by atoms with E-state index >= 15 is 0 Å². The van der Waals surface area contributed by atoms with Crippen LogP contribution in [0.4, 0.5) is 0 Å². The van der Waals surface area contributed by atoms with E-state index in [9.17, 15) is 0 Å². The minimum absolute atomic E-state index is 0.312. The number of rotatable bonds is 7. The van der Waals surface area contributed by atoms with Gasteiger partial charge in [0.1, 0.15) is 0 Å². The molecule has 0 aliphatic heterocycles. The molecule has 0 aromatic heterocycles.